The van der Waals surface area contributed by atoms with Gasteiger partial charge < -0.3 is 27.2 Å². The van der Waals surface area contributed by atoms with Gasteiger partial charge in [0.1, 0.15) is 12.1 Å². The molecule has 0 spiro atoms. The summed E-state index contributed by atoms with van der Waals surface area (Å²) < 4.78 is 0. The summed E-state index contributed by atoms with van der Waals surface area (Å²) in [7, 11) is 0. The molecule has 0 aliphatic heterocycles. The lowest BCUT2D eigenvalue weighted by molar-refractivity contribution is -0.142. The van der Waals surface area contributed by atoms with E-state index in [4.69, 9.17) is 11.5 Å². The van der Waals surface area contributed by atoms with E-state index in [1.807, 2.05) is 27.7 Å². The summed E-state index contributed by atoms with van der Waals surface area (Å²) >= 11 is 0. The molecule has 0 aliphatic carbocycles. The van der Waals surface area contributed by atoms with Crippen molar-refractivity contribution >= 4 is 17.8 Å². The Morgan fingerprint density at radius 3 is 2.04 bits per heavy atom. The Morgan fingerprint density at radius 2 is 1.58 bits per heavy atom. The molecule has 0 fully saturated rings. The van der Waals surface area contributed by atoms with Crippen molar-refractivity contribution < 1.29 is 19.5 Å². The van der Waals surface area contributed by atoms with Crippen LogP contribution < -0.4 is 22.1 Å². The number of carboxylic acids is 1. The molecule has 0 saturated carbocycles. The maximum atomic E-state index is 12.6. The van der Waals surface area contributed by atoms with Crippen LogP contribution in [0.2, 0.25) is 0 Å². The minimum absolute atomic E-state index is 0.0181. The van der Waals surface area contributed by atoms with Gasteiger partial charge in [-0.1, -0.05) is 34.1 Å². The second kappa shape index (κ2) is 12.6. The topological polar surface area (TPSA) is 148 Å². The van der Waals surface area contributed by atoms with Gasteiger partial charge in [0.2, 0.25) is 11.8 Å². The number of aliphatic carboxylic acids is 1. The van der Waals surface area contributed by atoms with E-state index in [-0.39, 0.29) is 11.8 Å². The number of unbranched alkanes of at least 4 members (excludes halogenated alkanes) is 1. The van der Waals surface area contributed by atoms with Crippen LogP contribution in [0.5, 0.6) is 0 Å². The Balaban J connectivity index is 5.05. The average molecular weight is 373 g/mol. The summed E-state index contributed by atoms with van der Waals surface area (Å²) in [4.78, 5) is 36.3. The molecule has 0 aromatic heterocycles. The summed E-state index contributed by atoms with van der Waals surface area (Å²) in [5.74, 6) is -1.89. The predicted octanol–water partition coefficient (Wildman–Crippen LogP) is 0.589. The molecule has 0 aromatic rings. The SMILES string of the molecule is CC[C@H](C)[C@H](N)C(=O)N[C@@H](CCCCN)C(=O)N[C@@H](CC(C)C)C(=O)O. The fraction of sp³-hybridized carbons (Fsp3) is 0.833. The normalized spacial score (nSPS) is 15.8. The molecule has 8 heteroatoms. The van der Waals surface area contributed by atoms with Crippen LogP contribution in [0.15, 0.2) is 0 Å². The van der Waals surface area contributed by atoms with Gasteiger partial charge in [0.15, 0.2) is 0 Å². The molecule has 0 aliphatic rings. The van der Waals surface area contributed by atoms with Crippen molar-refractivity contribution in [2.75, 3.05) is 6.54 Å². The molecule has 0 rings (SSSR count). The summed E-state index contributed by atoms with van der Waals surface area (Å²) in [5.41, 5.74) is 11.4. The number of amides is 2. The van der Waals surface area contributed by atoms with Crippen molar-refractivity contribution in [3.05, 3.63) is 0 Å². The summed E-state index contributed by atoms with van der Waals surface area (Å²) in [6, 6.07) is -2.52. The Kier molecular flexibility index (Phi) is 11.8. The first-order valence-corrected chi connectivity index (χ1v) is 9.43. The maximum Gasteiger partial charge on any atom is 0.326 e. The van der Waals surface area contributed by atoms with Gasteiger partial charge in [-0.05, 0) is 44.1 Å². The molecule has 8 nitrogen and oxygen atoms in total. The zero-order chi connectivity index (χ0) is 20.3. The highest BCUT2D eigenvalue weighted by atomic mass is 16.4. The van der Waals surface area contributed by atoms with Crippen LogP contribution in [0.25, 0.3) is 0 Å². The van der Waals surface area contributed by atoms with Crippen molar-refractivity contribution in [1.82, 2.24) is 10.6 Å². The maximum absolute atomic E-state index is 12.6. The highest BCUT2D eigenvalue weighted by molar-refractivity contribution is 5.91. The Labute approximate surface area is 156 Å². The van der Waals surface area contributed by atoms with E-state index in [9.17, 15) is 19.5 Å². The third-order valence-electron chi connectivity index (χ3n) is 4.46. The van der Waals surface area contributed by atoms with Crippen LogP contribution in [-0.4, -0.2) is 47.6 Å². The molecule has 2 amide bonds. The molecule has 0 bridgehead atoms. The molecule has 4 atom stereocenters. The number of nitrogens with two attached hydrogens (primary N) is 2. The van der Waals surface area contributed by atoms with Crippen molar-refractivity contribution in [2.24, 2.45) is 23.3 Å². The fourth-order valence-corrected chi connectivity index (χ4v) is 2.51. The zero-order valence-electron chi connectivity index (χ0n) is 16.5. The third-order valence-corrected chi connectivity index (χ3v) is 4.46. The van der Waals surface area contributed by atoms with Crippen LogP contribution in [-0.2, 0) is 14.4 Å². The lowest BCUT2D eigenvalue weighted by atomic mass is 9.98. The summed E-state index contributed by atoms with van der Waals surface area (Å²) in [6.07, 6.45) is 2.81. The first-order valence-electron chi connectivity index (χ1n) is 9.43. The Bertz CT molecular complexity index is 456. The lowest BCUT2D eigenvalue weighted by Gasteiger charge is -2.25. The highest BCUT2D eigenvalue weighted by Crippen LogP contribution is 2.09. The third kappa shape index (κ3) is 9.15. The number of hydrogen-bond donors (Lipinski definition) is 5. The molecule has 7 N–H and O–H groups in total. The Morgan fingerprint density at radius 1 is 1.00 bits per heavy atom. The van der Waals surface area contributed by atoms with Crippen LogP contribution >= 0.6 is 0 Å². The molecule has 152 valence electrons. The molecular weight excluding hydrogens is 336 g/mol. The van der Waals surface area contributed by atoms with E-state index >= 15 is 0 Å². The number of carboxylic acid groups (broad SMARTS) is 1. The molecular formula is C18H36N4O4. The minimum Gasteiger partial charge on any atom is -0.480 e. The number of rotatable bonds is 13. The van der Waals surface area contributed by atoms with E-state index in [1.165, 1.54) is 0 Å². The number of hydrogen-bond acceptors (Lipinski definition) is 5. The molecule has 26 heavy (non-hydrogen) atoms. The van der Waals surface area contributed by atoms with Gasteiger partial charge >= 0.3 is 5.97 Å². The van der Waals surface area contributed by atoms with E-state index in [0.29, 0.717) is 32.2 Å². The van der Waals surface area contributed by atoms with E-state index in [2.05, 4.69) is 10.6 Å². The van der Waals surface area contributed by atoms with Crippen LogP contribution in [0.4, 0.5) is 0 Å². The smallest absolute Gasteiger partial charge is 0.326 e. The van der Waals surface area contributed by atoms with Gasteiger partial charge in [-0.2, -0.15) is 0 Å². The van der Waals surface area contributed by atoms with Gasteiger partial charge in [-0.3, -0.25) is 9.59 Å². The molecule has 0 saturated heterocycles. The molecule has 0 radical (unpaired) electrons. The van der Waals surface area contributed by atoms with Crippen molar-refractivity contribution in [3.63, 3.8) is 0 Å². The number of carbonyl (C=O) groups excluding carboxylic acids is 2. The minimum atomic E-state index is -1.09. The van der Waals surface area contributed by atoms with E-state index < -0.39 is 35.9 Å². The van der Waals surface area contributed by atoms with Gasteiger partial charge in [0.05, 0.1) is 6.04 Å². The average Bonchev–Trinajstić information content (AvgIpc) is 2.58. The van der Waals surface area contributed by atoms with Crippen molar-refractivity contribution in [3.8, 4) is 0 Å². The second-order valence-corrected chi connectivity index (χ2v) is 7.29. The fourth-order valence-electron chi connectivity index (χ4n) is 2.51. The van der Waals surface area contributed by atoms with Crippen LogP contribution in [0.3, 0.4) is 0 Å². The quantitative estimate of drug-likeness (QED) is 0.299. The molecule has 0 heterocycles. The van der Waals surface area contributed by atoms with Gasteiger partial charge in [0.25, 0.3) is 0 Å². The highest BCUT2D eigenvalue weighted by Gasteiger charge is 2.29. The molecule has 0 unspecified atom stereocenters. The summed E-state index contributed by atoms with van der Waals surface area (Å²) in [6.45, 7) is 8.06. The van der Waals surface area contributed by atoms with Crippen LogP contribution in [0.1, 0.15) is 59.8 Å². The molecule has 0 aromatic carbocycles. The largest absolute Gasteiger partial charge is 0.480 e. The predicted molar refractivity (Wildman–Crippen MR) is 101 cm³/mol. The number of carbonyl (C=O) groups is 3. The van der Waals surface area contributed by atoms with E-state index in [1.54, 1.807) is 0 Å². The van der Waals surface area contributed by atoms with Crippen LogP contribution in [0, 0.1) is 11.8 Å². The summed E-state index contributed by atoms with van der Waals surface area (Å²) in [5, 5.41) is 14.5. The van der Waals surface area contributed by atoms with Crippen molar-refractivity contribution in [2.45, 2.75) is 77.9 Å². The monoisotopic (exact) mass is 372 g/mol. The standard InChI is InChI=1S/C18H36N4O4/c1-5-12(4)15(20)17(24)21-13(8-6-7-9-19)16(23)22-14(18(25)26)10-11(2)3/h11-15H,5-10,19-20H2,1-4H3,(H,21,24)(H,22,23)(H,25,26)/t12-,13-,14-,15-/m0/s1. The van der Waals surface area contributed by atoms with Gasteiger partial charge in [0, 0.05) is 0 Å². The number of nitrogens with one attached hydrogen (secondary N) is 2. The van der Waals surface area contributed by atoms with E-state index in [0.717, 1.165) is 6.42 Å². The zero-order valence-corrected chi connectivity index (χ0v) is 16.5. The van der Waals surface area contributed by atoms with Gasteiger partial charge in [-0.15, -0.1) is 0 Å². The van der Waals surface area contributed by atoms with Crippen molar-refractivity contribution in [1.29, 1.82) is 0 Å². The van der Waals surface area contributed by atoms with Gasteiger partial charge in [-0.25, -0.2) is 4.79 Å². The second-order valence-electron chi connectivity index (χ2n) is 7.29. The Hall–Kier alpha value is -1.67. The first-order chi connectivity index (χ1) is 12.1. The lowest BCUT2D eigenvalue weighted by Crippen LogP contribution is -2.55. The first kappa shape index (κ1) is 24.3.